The first-order valence-electron chi connectivity index (χ1n) is 9.95. The van der Waals surface area contributed by atoms with Crippen molar-refractivity contribution in [3.05, 3.63) is 77.2 Å². The number of hydrogen-bond acceptors (Lipinski definition) is 7. The monoisotopic (exact) mass is 479 g/mol. The molecule has 0 radical (unpaired) electrons. The summed E-state index contributed by atoms with van der Waals surface area (Å²) in [4.78, 5) is 15.2. The molecule has 0 aliphatic carbocycles. The van der Waals surface area contributed by atoms with Gasteiger partial charge in [-0.3, -0.25) is 9.69 Å². The molecule has 0 saturated carbocycles. The number of thiocarbonyl (C=S) groups is 1. The van der Waals surface area contributed by atoms with Gasteiger partial charge in [0.2, 0.25) is 5.75 Å². The summed E-state index contributed by atoms with van der Waals surface area (Å²) in [5, 5.41) is 0. The van der Waals surface area contributed by atoms with E-state index < -0.39 is 0 Å². The van der Waals surface area contributed by atoms with Crippen molar-refractivity contribution in [1.82, 2.24) is 0 Å². The van der Waals surface area contributed by atoms with Crippen LogP contribution in [0, 0.1) is 0 Å². The number of nitrogens with zero attached hydrogens (tertiary/aromatic N) is 1. The van der Waals surface area contributed by atoms with Gasteiger partial charge in [-0.2, -0.15) is 0 Å². The first-order valence-corrected chi connectivity index (χ1v) is 11.2. The molecule has 0 spiro atoms. The van der Waals surface area contributed by atoms with Gasteiger partial charge in [0.05, 0.1) is 31.9 Å². The highest BCUT2D eigenvalue weighted by atomic mass is 32.2. The van der Waals surface area contributed by atoms with Crippen molar-refractivity contribution in [2.75, 3.05) is 26.2 Å². The van der Waals surface area contributed by atoms with Crippen molar-refractivity contribution >= 4 is 46.0 Å². The standard InChI is InChI=1S/C25H21NO5S2/c1-28-20-13-16(14-21(29-2)23(20)30-3)15-22-24(27)26(25(32)33-22)17-9-11-19(12-10-17)31-18-7-5-4-6-8-18/h4-15H,1-3H3/b22-15-. The summed E-state index contributed by atoms with van der Waals surface area (Å²) in [6, 6.07) is 20.3. The van der Waals surface area contributed by atoms with Crippen LogP contribution in [0.25, 0.3) is 6.08 Å². The fourth-order valence-corrected chi connectivity index (χ4v) is 4.61. The second kappa shape index (κ2) is 9.97. The molecule has 1 fully saturated rings. The average Bonchev–Trinajstić information content (AvgIpc) is 3.12. The molecule has 4 rings (SSSR count). The van der Waals surface area contributed by atoms with Crippen molar-refractivity contribution in [1.29, 1.82) is 0 Å². The zero-order valence-corrected chi connectivity index (χ0v) is 19.9. The minimum atomic E-state index is -0.199. The van der Waals surface area contributed by atoms with Crippen LogP contribution in [0.1, 0.15) is 5.56 Å². The van der Waals surface area contributed by atoms with Gasteiger partial charge in [-0.1, -0.05) is 42.2 Å². The zero-order valence-electron chi connectivity index (χ0n) is 18.2. The minimum absolute atomic E-state index is 0.199. The summed E-state index contributed by atoms with van der Waals surface area (Å²) >= 11 is 6.73. The highest BCUT2D eigenvalue weighted by molar-refractivity contribution is 8.27. The van der Waals surface area contributed by atoms with E-state index in [1.54, 1.807) is 39.5 Å². The third kappa shape index (κ3) is 4.81. The number of methoxy groups -OCH3 is 3. The number of carbonyl (C=O) groups excluding carboxylic acids is 1. The molecule has 0 bridgehead atoms. The molecule has 3 aromatic carbocycles. The predicted molar refractivity (Wildman–Crippen MR) is 135 cm³/mol. The van der Waals surface area contributed by atoms with E-state index in [4.69, 9.17) is 31.2 Å². The topological polar surface area (TPSA) is 57.2 Å². The van der Waals surface area contributed by atoms with E-state index in [2.05, 4.69) is 0 Å². The first-order chi connectivity index (χ1) is 16.0. The third-order valence-electron chi connectivity index (χ3n) is 4.85. The Balaban J connectivity index is 1.57. The fraction of sp³-hybridized carbons (Fsp3) is 0.120. The normalized spacial score (nSPS) is 14.5. The van der Waals surface area contributed by atoms with E-state index in [1.165, 1.54) is 16.7 Å². The summed E-state index contributed by atoms with van der Waals surface area (Å²) in [7, 11) is 4.64. The van der Waals surface area contributed by atoms with Crippen LogP contribution < -0.4 is 23.8 Å². The maximum Gasteiger partial charge on any atom is 0.270 e. The molecule has 8 heteroatoms. The lowest BCUT2D eigenvalue weighted by Gasteiger charge is -2.15. The molecule has 0 aromatic heterocycles. The third-order valence-corrected chi connectivity index (χ3v) is 6.15. The highest BCUT2D eigenvalue weighted by Gasteiger charge is 2.33. The molecule has 0 unspecified atom stereocenters. The van der Waals surface area contributed by atoms with Gasteiger partial charge in [-0.25, -0.2) is 0 Å². The van der Waals surface area contributed by atoms with Gasteiger partial charge in [0, 0.05) is 0 Å². The summed E-state index contributed by atoms with van der Waals surface area (Å²) in [5.74, 6) is 2.71. The van der Waals surface area contributed by atoms with E-state index in [1.807, 2.05) is 54.6 Å². The van der Waals surface area contributed by atoms with Crippen LogP contribution in [0.3, 0.4) is 0 Å². The van der Waals surface area contributed by atoms with Gasteiger partial charge in [0.25, 0.3) is 5.91 Å². The van der Waals surface area contributed by atoms with E-state index in [0.717, 1.165) is 11.3 Å². The van der Waals surface area contributed by atoms with Crippen LogP contribution in [-0.4, -0.2) is 31.6 Å². The Kier molecular flexibility index (Phi) is 6.86. The Labute approximate surface area is 201 Å². The number of rotatable bonds is 7. The summed E-state index contributed by atoms with van der Waals surface area (Å²) in [5.41, 5.74) is 1.41. The maximum atomic E-state index is 13.2. The Bertz CT molecular complexity index is 1180. The van der Waals surface area contributed by atoms with Crippen molar-refractivity contribution < 1.29 is 23.7 Å². The maximum absolute atomic E-state index is 13.2. The average molecular weight is 480 g/mol. The SMILES string of the molecule is COc1cc(/C=C2\SC(=S)N(c3ccc(Oc4ccccc4)cc3)C2=O)cc(OC)c1OC. The van der Waals surface area contributed by atoms with Crippen molar-refractivity contribution in [2.45, 2.75) is 0 Å². The Morgan fingerprint density at radius 3 is 2.03 bits per heavy atom. The molecule has 3 aromatic rings. The second-order valence-corrected chi connectivity index (χ2v) is 8.56. The first kappa shape index (κ1) is 22.7. The number of amides is 1. The number of hydrogen-bond donors (Lipinski definition) is 0. The van der Waals surface area contributed by atoms with E-state index in [-0.39, 0.29) is 5.91 Å². The minimum Gasteiger partial charge on any atom is -0.493 e. The Morgan fingerprint density at radius 1 is 0.848 bits per heavy atom. The molecule has 33 heavy (non-hydrogen) atoms. The quantitative estimate of drug-likeness (QED) is 0.308. The van der Waals surface area contributed by atoms with Crippen molar-refractivity contribution in [2.24, 2.45) is 0 Å². The summed E-state index contributed by atoms with van der Waals surface area (Å²) < 4.78 is 22.4. The second-order valence-electron chi connectivity index (χ2n) is 6.88. The Morgan fingerprint density at radius 2 is 1.45 bits per heavy atom. The summed E-state index contributed by atoms with van der Waals surface area (Å²) in [6.07, 6.45) is 1.76. The largest absolute Gasteiger partial charge is 0.493 e. The molecule has 6 nitrogen and oxygen atoms in total. The van der Waals surface area contributed by atoms with E-state index >= 15 is 0 Å². The molecule has 168 valence electrons. The van der Waals surface area contributed by atoms with Crippen molar-refractivity contribution in [3.8, 4) is 28.7 Å². The van der Waals surface area contributed by atoms with Crippen LogP contribution >= 0.6 is 24.0 Å². The number of anilines is 1. The Hall–Kier alpha value is -3.49. The number of benzene rings is 3. The molecule has 1 heterocycles. The van der Waals surface area contributed by atoms with Gasteiger partial charge in [-0.15, -0.1) is 0 Å². The summed E-state index contributed by atoms with van der Waals surface area (Å²) in [6.45, 7) is 0. The van der Waals surface area contributed by atoms with E-state index in [9.17, 15) is 4.79 Å². The number of thioether (sulfide) groups is 1. The molecular formula is C25H21NO5S2. The molecule has 1 amide bonds. The molecule has 0 N–H and O–H groups in total. The molecule has 1 aliphatic rings. The van der Waals surface area contributed by atoms with Gasteiger partial charge in [-0.05, 0) is 60.2 Å². The smallest absolute Gasteiger partial charge is 0.270 e. The lowest BCUT2D eigenvalue weighted by atomic mass is 10.1. The van der Waals surface area contributed by atoms with Crippen LogP contribution in [0.4, 0.5) is 5.69 Å². The van der Waals surface area contributed by atoms with E-state index in [0.29, 0.717) is 37.9 Å². The lowest BCUT2D eigenvalue weighted by molar-refractivity contribution is -0.113. The molecule has 1 saturated heterocycles. The zero-order chi connectivity index (χ0) is 23.4. The lowest BCUT2D eigenvalue weighted by Crippen LogP contribution is -2.27. The molecule has 1 aliphatic heterocycles. The number of carbonyl (C=O) groups is 1. The predicted octanol–water partition coefficient (Wildman–Crippen LogP) is 5.91. The van der Waals surface area contributed by atoms with Crippen LogP contribution in [0.2, 0.25) is 0 Å². The van der Waals surface area contributed by atoms with Crippen LogP contribution in [0.5, 0.6) is 28.7 Å². The van der Waals surface area contributed by atoms with Crippen LogP contribution in [0.15, 0.2) is 71.6 Å². The van der Waals surface area contributed by atoms with Crippen molar-refractivity contribution in [3.63, 3.8) is 0 Å². The van der Waals surface area contributed by atoms with Gasteiger partial charge >= 0.3 is 0 Å². The van der Waals surface area contributed by atoms with Gasteiger partial charge < -0.3 is 18.9 Å². The molecule has 0 atom stereocenters. The van der Waals surface area contributed by atoms with Crippen LogP contribution in [-0.2, 0) is 4.79 Å². The molecular weight excluding hydrogens is 458 g/mol. The van der Waals surface area contributed by atoms with Gasteiger partial charge in [0.15, 0.2) is 15.8 Å². The number of ether oxygens (including phenoxy) is 4. The number of para-hydroxylation sites is 1. The van der Waals surface area contributed by atoms with Gasteiger partial charge in [0.1, 0.15) is 11.5 Å². The fourth-order valence-electron chi connectivity index (χ4n) is 3.31. The highest BCUT2D eigenvalue weighted by Crippen LogP contribution is 2.41.